The molecular weight excluding hydrogens is 132 g/mol. The van der Waals surface area contributed by atoms with Crippen molar-refractivity contribution in [1.29, 1.82) is 0 Å². The Balaban J connectivity index is 2.25. The summed E-state index contributed by atoms with van der Waals surface area (Å²) >= 11 is 5.01. The van der Waals surface area contributed by atoms with Gasteiger partial charge in [-0.1, -0.05) is 18.8 Å². The lowest BCUT2D eigenvalue weighted by Crippen LogP contribution is -1.99. The van der Waals surface area contributed by atoms with Crippen molar-refractivity contribution in [3.8, 4) is 0 Å². The fourth-order valence-electron chi connectivity index (χ4n) is 0.567. The van der Waals surface area contributed by atoms with Gasteiger partial charge in [-0.15, -0.1) is 0 Å². The zero-order chi connectivity index (χ0) is 6.85. The molecule has 0 radical (unpaired) electrons. The van der Waals surface area contributed by atoms with Gasteiger partial charge >= 0.3 is 0 Å². The third-order valence-corrected chi connectivity index (χ3v) is 1.81. The number of ether oxygens (including phenoxy) is 1. The Hall–Kier alpha value is -0.210. The minimum absolute atomic E-state index is 0.411. The topological polar surface area (TPSA) is 12.5 Å². The van der Waals surface area contributed by atoms with E-state index in [0.29, 0.717) is 6.10 Å². The van der Waals surface area contributed by atoms with Crippen LogP contribution in [0, 0.1) is 0 Å². The summed E-state index contributed by atoms with van der Waals surface area (Å²) < 4.78 is 5.00. The highest BCUT2D eigenvalue weighted by Gasteiger charge is 2.23. The summed E-state index contributed by atoms with van der Waals surface area (Å²) in [5, 5.41) is 0. The van der Waals surface area contributed by atoms with Crippen LogP contribution in [-0.4, -0.2) is 17.6 Å². The maximum atomic E-state index is 5.01. The number of rotatable bonds is 3. The molecule has 0 bridgehead atoms. The first-order chi connectivity index (χ1) is 4.20. The van der Waals surface area contributed by atoms with Crippen LogP contribution in [0.2, 0.25) is 0 Å². The summed E-state index contributed by atoms with van der Waals surface area (Å²) in [4.78, 5) is 0.956. The molecule has 1 fully saturated rings. The molecule has 1 nitrogen and oxygen atoms in total. The fraction of sp³-hybridized carbons (Fsp3) is 0.571. The molecule has 0 aliphatic carbocycles. The maximum absolute atomic E-state index is 5.01. The minimum atomic E-state index is 0.411. The van der Waals surface area contributed by atoms with E-state index >= 15 is 0 Å². The lowest BCUT2D eigenvalue weighted by molar-refractivity contribution is 0.414. The quantitative estimate of drug-likeness (QED) is 0.338. The smallest absolute Gasteiger partial charge is 0.0858 e. The predicted molar refractivity (Wildman–Crippen MR) is 41.8 cm³/mol. The standard InChI is InChI=1S/C7H10OS/c1-5(2)7(9)3-6-4-8-6/h6H,1,3-4H2,2H3. The van der Waals surface area contributed by atoms with Gasteiger partial charge in [-0.3, -0.25) is 0 Å². The van der Waals surface area contributed by atoms with Gasteiger partial charge in [0, 0.05) is 11.3 Å². The summed E-state index contributed by atoms with van der Waals surface area (Å²) in [5.41, 5.74) is 1.00. The highest BCUT2D eigenvalue weighted by molar-refractivity contribution is 7.80. The molecule has 1 heterocycles. The second kappa shape index (κ2) is 2.58. The Morgan fingerprint density at radius 2 is 2.44 bits per heavy atom. The second-order valence-electron chi connectivity index (χ2n) is 2.36. The van der Waals surface area contributed by atoms with Gasteiger partial charge in [0.2, 0.25) is 0 Å². The summed E-state index contributed by atoms with van der Waals surface area (Å²) in [6.45, 7) is 6.56. The van der Waals surface area contributed by atoms with Gasteiger partial charge in [-0.05, 0) is 12.5 Å². The van der Waals surface area contributed by atoms with Crippen LogP contribution < -0.4 is 0 Å². The fourth-order valence-corrected chi connectivity index (χ4v) is 0.753. The third-order valence-electron chi connectivity index (χ3n) is 1.29. The van der Waals surface area contributed by atoms with Gasteiger partial charge in [0.05, 0.1) is 12.7 Å². The van der Waals surface area contributed by atoms with E-state index in [2.05, 4.69) is 6.58 Å². The van der Waals surface area contributed by atoms with Crippen molar-refractivity contribution >= 4 is 17.1 Å². The average molecular weight is 142 g/mol. The van der Waals surface area contributed by atoms with Gasteiger partial charge in [-0.25, -0.2) is 0 Å². The van der Waals surface area contributed by atoms with Gasteiger partial charge < -0.3 is 4.74 Å². The molecule has 0 saturated carbocycles. The van der Waals surface area contributed by atoms with Gasteiger partial charge in [0.25, 0.3) is 0 Å². The van der Waals surface area contributed by atoms with Crippen molar-refractivity contribution in [3.05, 3.63) is 12.2 Å². The molecule has 9 heavy (non-hydrogen) atoms. The van der Waals surface area contributed by atoms with E-state index in [9.17, 15) is 0 Å². The molecule has 1 aliphatic heterocycles. The monoisotopic (exact) mass is 142 g/mol. The van der Waals surface area contributed by atoms with Crippen LogP contribution in [-0.2, 0) is 4.74 Å². The molecule has 0 spiro atoms. The maximum Gasteiger partial charge on any atom is 0.0858 e. The molecule has 1 saturated heterocycles. The highest BCUT2D eigenvalue weighted by Crippen LogP contribution is 2.16. The van der Waals surface area contributed by atoms with Crippen LogP contribution >= 0.6 is 12.2 Å². The largest absolute Gasteiger partial charge is 0.373 e. The molecule has 2 heteroatoms. The molecule has 1 atom stereocenters. The molecule has 0 N–H and O–H groups in total. The SMILES string of the molecule is C=C(C)C(=S)CC1CO1. The lowest BCUT2D eigenvalue weighted by Gasteiger charge is -1.96. The summed E-state index contributed by atoms with van der Waals surface area (Å²) in [5.74, 6) is 0. The summed E-state index contributed by atoms with van der Waals surface area (Å²) in [6, 6.07) is 0. The van der Waals surface area contributed by atoms with Crippen LogP contribution in [0.4, 0.5) is 0 Å². The molecule has 0 amide bonds. The Bertz CT molecular complexity index is 147. The van der Waals surface area contributed by atoms with E-state index in [-0.39, 0.29) is 0 Å². The number of hydrogen-bond acceptors (Lipinski definition) is 2. The van der Waals surface area contributed by atoms with Crippen molar-refractivity contribution in [2.45, 2.75) is 19.4 Å². The van der Waals surface area contributed by atoms with Crippen molar-refractivity contribution in [3.63, 3.8) is 0 Å². The van der Waals surface area contributed by atoms with E-state index in [0.717, 1.165) is 23.5 Å². The molecule has 1 rings (SSSR count). The van der Waals surface area contributed by atoms with E-state index < -0.39 is 0 Å². The first-order valence-electron chi connectivity index (χ1n) is 3.00. The molecule has 0 aromatic carbocycles. The average Bonchev–Trinajstić information content (AvgIpc) is 2.50. The molecule has 50 valence electrons. The number of allylic oxidation sites excluding steroid dienone is 1. The molecule has 1 aliphatic rings. The Morgan fingerprint density at radius 1 is 1.89 bits per heavy atom. The number of epoxide rings is 1. The predicted octanol–water partition coefficient (Wildman–Crippen LogP) is 1.72. The van der Waals surface area contributed by atoms with Crippen LogP contribution in [0.15, 0.2) is 12.2 Å². The van der Waals surface area contributed by atoms with Gasteiger partial charge in [0.1, 0.15) is 0 Å². The Labute approximate surface area is 60.7 Å². The third kappa shape index (κ3) is 2.24. The first-order valence-corrected chi connectivity index (χ1v) is 3.41. The zero-order valence-corrected chi connectivity index (χ0v) is 6.33. The van der Waals surface area contributed by atoms with E-state index in [1.54, 1.807) is 0 Å². The normalized spacial score (nSPS) is 23.4. The minimum Gasteiger partial charge on any atom is -0.373 e. The molecule has 1 unspecified atom stereocenters. The Morgan fingerprint density at radius 3 is 2.78 bits per heavy atom. The van der Waals surface area contributed by atoms with Crippen molar-refractivity contribution in [1.82, 2.24) is 0 Å². The second-order valence-corrected chi connectivity index (χ2v) is 2.86. The van der Waals surface area contributed by atoms with Crippen molar-refractivity contribution in [2.24, 2.45) is 0 Å². The highest BCUT2D eigenvalue weighted by atomic mass is 32.1. The van der Waals surface area contributed by atoms with Crippen molar-refractivity contribution < 1.29 is 4.74 Å². The van der Waals surface area contributed by atoms with Crippen LogP contribution in [0.3, 0.4) is 0 Å². The van der Waals surface area contributed by atoms with Crippen LogP contribution in [0.5, 0.6) is 0 Å². The molecule has 0 aromatic rings. The first kappa shape index (κ1) is 6.90. The van der Waals surface area contributed by atoms with E-state index in [1.807, 2.05) is 6.92 Å². The summed E-state index contributed by atoms with van der Waals surface area (Å²) in [7, 11) is 0. The molecular formula is C7H10OS. The van der Waals surface area contributed by atoms with Gasteiger partial charge in [0.15, 0.2) is 0 Å². The van der Waals surface area contributed by atoms with Crippen LogP contribution in [0.25, 0.3) is 0 Å². The van der Waals surface area contributed by atoms with Crippen LogP contribution in [0.1, 0.15) is 13.3 Å². The number of hydrogen-bond donors (Lipinski definition) is 0. The Kier molecular flexibility index (Phi) is 1.98. The lowest BCUT2D eigenvalue weighted by atomic mass is 10.1. The molecule has 0 aromatic heterocycles. The van der Waals surface area contributed by atoms with Gasteiger partial charge in [-0.2, -0.15) is 0 Å². The zero-order valence-electron chi connectivity index (χ0n) is 5.52. The van der Waals surface area contributed by atoms with E-state index in [4.69, 9.17) is 17.0 Å². The summed E-state index contributed by atoms with van der Waals surface area (Å²) in [6.07, 6.45) is 1.30. The van der Waals surface area contributed by atoms with Crippen molar-refractivity contribution in [2.75, 3.05) is 6.61 Å². The number of thiocarbonyl (C=S) groups is 1. The van der Waals surface area contributed by atoms with E-state index in [1.165, 1.54) is 0 Å².